The first kappa shape index (κ1) is 19.9. The van der Waals surface area contributed by atoms with Crippen LogP contribution in [0, 0.1) is 0 Å². The van der Waals surface area contributed by atoms with E-state index in [4.69, 9.17) is 14.2 Å². The Bertz CT molecular complexity index is 549. The molecule has 1 aromatic rings. The zero-order valence-electron chi connectivity index (χ0n) is 14.3. The van der Waals surface area contributed by atoms with Crippen LogP contribution in [0.2, 0.25) is 0 Å². The molecular formula is C17H26O8. The molecule has 1 fully saturated rings. The SMILES string of the molecule is COc1cc(CC[C@@H](C)O[C@@H]2O[C@H](CO)[C@@H](O)[C@H](O)[C@H]2O)ccc1O. The van der Waals surface area contributed by atoms with Crippen LogP contribution in [0.4, 0.5) is 0 Å². The molecule has 5 N–H and O–H groups in total. The van der Waals surface area contributed by atoms with Crippen LogP contribution in [-0.4, -0.2) is 76.1 Å². The van der Waals surface area contributed by atoms with Gasteiger partial charge in [0, 0.05) is 0 Å². The van der Waals surface area contributed by atoms with Crippen LogP contribution in [0.1, 0.15) is 18.9 Å². The molecule has 1 heterocycles. The minimum atomic E-state index is -1.45. The van der Waals surface area contributed by atoms with E-state index in [1.165, 1.54) is 7.11 Å². The van der Waals surface area contributed by atoms with Gasteiger partial charge in [-0.05, 0) is 37.5 Å². The molecule has 6 atom stereocenters. The number of benzene rings is 1. The zero-order chi connectivity index (χ0) is 18.6. The van der Waals surface area contributed by atoms with E-state index in [9.17, 15) is 25.5 Å². The van der Waals surface area contributed by atoms with Crippen molar-refractivity contribution in [3.8, 4) is 11.5 Å². The number of aliphatic hydroxyl groups excluding tert-OH is 4. The molecule has 0 amide bonds. The summed E-state index contributed by atoms with van der Waals surface area (Å²) in [6.07, 6.45) is -5.49. The van der Waals surface area contributed by atoms with Crippen molar-refractivity contribution in [1.82, 2.24) is 0 Å². The first-order valence-electron chi connectivity index (χ1n) is 8.19. The highest BCUT2D eigenvalue weighted by Crippen LogP contribution is 2.27. The van der Waals surface area contributed by atoms with Crippen LogP contribution in [0.3, 0.4) is 0 Å². The minimum Gasteiger partial charge on any atom is -0.504 e. The number of rotatable bonds is 7. The quantitative estimate of drug-likeness (QED) is 0.443. The van der Waals surface area contributed by atoms with E-state index in [0.29, 0.717) is 18.6 Å². The summed E-state index contributed by atoms with van der Waals surface area (Å²) in [6.45, 7) is 1.30. The summed E-state index contributed by atoms with van der Waals surface area (Å²) < 4.78 is 16.0. The Morgan fingerprint density at radius 3 is 2.52 bits per heavy atom. The minimum absolute atomic E-state index is 0.0665. The molecule has 0 bridgehead atoms. The second-order valence-electron chi connectivity index (χ2n) is 6.19. The van der Waals surface area contributed by atoms with Gasteiger partial charge in [0.05, 0.1) is 19.8 Å². The van der Waals surface area contributed by atoms with Gasteiger partial charge in [0.1, 0.15) is 24.4 Å². The van der Waals surface area contributed by atoms with Gasteiger partial charge in [-0.15, -0.1) is 0 Å². The number of phenols is 1. The average Bonchev–Trinajstić information content (AvgIpc) is 2.61. The molecule has 142 valence electrons. The third-order valence-electron chi connectivity index (χ3n) is 4.30. The third-order valence-corrected chi connectivity index (χ3v) is 4.30. The second-order valence-corrected chi connectivity index (χ2v) is 6.19. The molecule has 1 aliphatic heterocycles. The summed E-state index contributed by atoms with van der Waals surface area (Å²) in [6, 6.07) is 5.06. The number of aromatic hydroxyl groups is 1. The highest BCUT2D eigenvalue weighted by molar-refractivity contribution is 5.41. The van der Waals surface area contributed by atoms with Gasteiger partial charge in [-0.1, -0.05) is 6.07 Å². The third kappa shape index (κ3) is 4.81. The van der Waals surface area contributed by atoms with Crippen LogP contribution < -0.4 is 4.74 Å². The fourth-order valence-corrected chi connectivity index (χ4v) is 2.72. The fraction of sp³-hybridized carbons (Fsp3) is 0.647. The Balaban J connectivity index is 1.90. The van der Waals surface area contributed by atoms with Gasteiger partial charge in [0.15, 0.2) is 17.8 Å². The lowest BCUT2D eigenvalue weighted by molar-refractivity contribution is -0.310. The number of methoxy groups -OCH3 is 1. The maximum Gasteiger partial charge on any atom is 0.186 e. The van der Waals surface area contributed by atoms with Crippen molar-refractivity contribution in [3.63, 3.8) is 0 Å². The lowest BCUT2D eigenvalue weighted by atomic mass is 9.99. The normalized spacial score (nSPS) is 30.9. The monoisotopic (exact) mass is 358 g/mol. The van der Waals surface area contributed by atoms with Gasteiger partial charge >= 0.3 is 0 Å². The molecule has 0 unspecified atom stereocenters. The van der Waals surface area contributed by atoms with E-state index in [1.54, 1.807) is 25.1 Å². The fourth-order valence-electron chi connectivity index (χ4n) is 2.72. The number of hydrogen-bond acceptors (Lipinski definition) is 8. The summed E-state index contributed by atoms with van der Waals surface area (Å²) in [5, 5.41) is 48.3. The molecule has 0 radical (unpaired) electrons. The molecule has 1 aromatic carbocycles. The van der Waals surface area contributed by atoms with E-state index in [1.807, 2.05) is 0 Å². The number of ether oxygens (including phenoxy) is 3. The summed E-state index contributed by atoms with van der Waals surface area (Å²) in [5.74, 6) is 0.455. The van der Waals surface area contributed by atoms with E-state index in [-0.39, 0.29) is 11.9 Å². The van der Waals surface area contributed by atoms with Crippen molar-refractivity contribution in [2.45, 2.75) is 56.6 Å². The molecule has 2 rings (SSSR count). The maximum atomic E-state index is 9.97. The summed E-state index contributed by atoms with van der Waals surface area (Å²) in [5.41, 5.74) is 0.943. The van der Waals surface area contributed by atoms with Gasteiger partial charge in [-0.3, -0.25) is 0 Å². The molecule has 1 saturated heterocycles. The van der Waals surface area contributed by atoms with E-state index >= 15 is 0 Å². The van der Waals surface area contributed by atoms with Crippen molar-refractivity contribution >= 4 is 0 Å². The number of aliphatic hydroxyl groups is 4. The van der Waals surface area contributed by atoms with Crippen molar-refractivity contribution in [2.75, 3.05) is 13.7 Å². The van der Waals surface area contributed by atoms with Crippen LogP contribution in [-0.2, 0) is 15.9 Å². The van der Waals surface area contributed by atoms with Crippen LogP contribution in [0.25, 0.3) is 0 Å². The molecule has 8 nitrogen and oxygen atoms in total. The summed E-state index contributed by atoms with van der Waals surface area (Å²) in [7, 11) is 1.48. The summed E-state index contributed by atoms with van der Waals surface area (Å²) in [4.78, 5) is 0. The van der Waals surface area contributed by atoms with Crippen LogP contribution in [0.5, 0.6) is 11.5 Å². The first-order valence-corrected chi connectivity index (χ1v) is 8.19. The largest absolute Gasteiger partial charge is 0.504 e. The molecule has 0 aliphatic carbocycles. The zero-order valence-corrected chi connectivity index (χ0v) is 14.3. The molecule has 0 saturated carbocycles. The molecule has 0 spiro atoms. The Morgan fingerprint density at radius 1 is 1.16 bits per heavy atom. The van der Waals surface area contributed by atoms with Crippen molar-refractivity contribution in [1.29, 1.82) is 0 Å². The predicted molar refractivity (Wildman–Crippen MR) is 87.3 cm³/mol. The van der Waals surface area contributed by atoms with Crippen molar-refractivity contribution < 1.29 is 39.7 Å². The molecule has 25 heavy (non-hydrogen) atoms. The van der Waals surface area contributed by atoms with Gasteiger partial charge in [0.25, 0.3) is 0 Å². The van der Waals surface area contributed by atoms with E-state index in [0.717, 1.165) is 5.56 Å². The molecule has 1 aliphatic rings. The Hall–Kier alpha value is -1.42. The standard InChI is InChI=1S/C17H26O8/c1-9(3-4-10-5-6-11(19)12(7-10)23-2)24-17-16(22)15(21)14(20)13(8-18)25-17/h5-7,9,13-22H,3-4,8H2,1-2H3/t9-,13-,14-,15+,16-,17-/m1/s1. The van der Waals surface area contributed by atoms with Crippen molar-refractivity contribution in [3.05, 3.63) is 23.8 Å². The lowest BCUT2D eigenvalue weighted by Crippen LogP contribution is -2.59. The van der Waals surface area contributed by atoms with Gasteiger partial charge < -0.3 is 39.7 Å². The second kappa shape index (κ2) is 8.79. The van der Waals surface area contributed by atoms with Crippen LogP contribution >= 0.6 is 0 Å². The highest BCUT2D eigenvalue weighted by atomic mass is 16.7. The molecule has 8 heteroatoms. The summed E-state index contributed by atoms with van der Waals surface area (Å²) >= 11 is 0. The van der Waals surface area contributed by atoms with E-state index in [2.05, 4.69) is 0 Å². The Kier molecular flexibility index (Phi) is 7.00. The molecule has 0 aromatic heterocycles. The maximum absolute atomic E-state index is 9.97. The Labute approximate surface area is 146 Å². The van der Waals surface area contributed by atoms with Gasteiger partial charge in [0.2, 0.25) is 0 Å². The molecular weight excluding hydrogens is 332 g/mol. The average molecular weight is 358 g/mol. The van der Waals surface area contributed by atoms with Gasteiger partial charge in [-0.2, -0.15) is 0 Å². The predicted octanol–water partition coefficient (Wildman–Crippen LogP) is -0.462. The topological polar surface area (TPSA) is 129 Å². The first-order chi connectivity index (χ1) is 11.9. The number of phenolic OH excluding ortho intramolecular Hbond substituents is 1. The van der Waals surface area contributed by atoms with E-state index < -0.39 is 37.3 Å². The Morgan fingerprint density at radius 2 is 1.88 bits per heavy atom. The van der Waals surface area contributed by atoms with Crippen LogP contribution in [0.15, 0.2) is 18.2 Å². The lowest BCUT2D eigenvalue weighted by Gasteiger charge is -2.40. The highest BCUT2D eigenvalue weighted by Gasteiger charge is 2.44. The number of hydrogen-bond donors (Lipinski definition) is 5. The smallest absolute Gasteiger partial charge is 0.186 e. The van der Waals surface area contributed by atoms with Crippen molar-refractivity contribution in [2.24, 2.45) is 0 Å². The number of aryl methyl sites for hydroxylation is 1. The van der Waals surface area contributed by atoms with Gasteiger partial charge in [-0.25, -0.2) is 0 Å².